The molecule has 3 heteroatoms. The van der Waals surface area contributed by atoms with Gasteiger partial charge in [-0.1, -0.05) is 26.2 Å². The van der Waals surface area contributed by atoms with Gasteiger partial charge in [0, 0.05) is 32.2 Å². The summed E-state index contributed by atoms with van der Waals surface area (Å²) in [6, 6.07) is 0.743. The molecular weight excluding hydrogens is 220 g/mol. The maximum absolute atomic E-state index is 3.47. The van der Waals surface area contributed by atoms with E-state index in [-0.39, 0.29) is 12.4 Å². The molecule has 96 valence electrons. The molecule has 1 aliphatic heterocycles. The van der Waals surface area contributed by atoms with Crippen molar-refractivity contribution < 1.29 is 0 Å². The molecule has 2 aliphatic rings. The maximum atomic E-state index is 3.47. The second kappa shape index (κ2) is 6.83. The van der Waals surface area contributed by atoms with E-state index in [0.29, 0.717) is 0 Å². The molecule has 1 heterocycles. The Morgan fingerprint density at radius 2 is 1.94 bits per heavy atom. The molecule has 16 heavy (non-hydrogen) atoms. The lowest BCUT2D eigenvalue weighted by atomic mass is 9.80. The normalized spacial score (nSPS) is 36.8. The average molecular weight is 247 g/mol. The van der Waals surface area contributed by atoms with Gasteiger partial charge in [-0.3, -0.25) is 4.90 Å². The van der Waals surface area contributed by atoms with Gasteiger partial charge < -0.3 is 5.32 Å². The molecule has 1 N–H and O–H groups in total. The highest BCUT2D eigenvalue weighted by Gasteiger charge is 2.26. The van der Waals surface area contributed by atoms with Crippen molar-refractivity contribution in [3.8, 4) is 0 Å². The molecule has 2 fully saturated rings. The van der Waals surface area contributed by atoms with Gasteiger partial charge in [0.15, 0.2) is 0 Å². The number of nitrogens with zero attached hydrogens (tertiary/aromatic N) is 1. The quantitative estimate of drug-likeness (QED) is 0.806. The summed E-state index contributed by atoms with van der Waals surface area (Å²) in [6.45, 7) is 9.79. The first kappa shape index (κ1) is 14.3. The summed E-state index contributed by atoms with van der Waals surface area (Å²) in [5.74, 6) is 1.93. The first-order chi connectivity index (χ1) is 7.27. The second-order valence-corrected chi connectivity index (χ2v) is 5.57. The number of piperazine rings is 1. The maximum Gasteiger partial charge on any atom is 0.0193 e. The van der Waals surface area contributed by atoms with Crippen LogP contribution >= 0.6 is 12.4 Å². The minimum atomic E-state index is 0. The van der Waals surface area contributed by atoms with E-state index in [2.05, 4.69) is 24.1 Å². The molecule has 1 saturated carbocycles. The molecular formula is C13H27ClN2. The summed E-state index contributed by atoms with van der Waals surface area (Å²) in [5, 5.41) is 3.47. The van der Waals surface area contributed by atoms with Crippen molar-refractivity contribution >= 4 is 12.4 Å². The molecule has 1 aliphatic carbocycles. The zero-order valence-electron chi connectivity index (χ0n) is 10.7. The lowest BCUT2D eigenvalue weighted by Crippen LogP contribution is -2.51. The van der Waals surface area contributed by atoms with Crippen LogP contribution in [0.4, 0.5) is 0 Å². The van der Waals surface area contributed by atoms with Gasteiger partial charge in [0.25, 0.3) is 0 Å². The van der Waals surface area contributed by atoms with Crippen LogP contribution in [0, 0.1) is 11.8 Å². The fraction of sp³-hybridized carbons (Fsp3) is 1.00. The van der Waals surface area contributed by atoms with E-state index in [0.717, 1.165) is 17.9 Å². The molecule has 0 aromatic carbocycles. The Hall–Kier alpha value is 0.210. The molecule has 2 rings (SSSR count). The highest BCUT2D eigenvalue weighted by Crippen LogP contribution is 2.30. The predicted molar refractivity (Wildman–Crippen MR) is 72.3 cm³/mol. The Balaban J connectivity index is 0.00000128. The molecule has 1 saturated heterocycles. The monoisotopic (exact) mass is 246 g/mol. The van der Waals surface area contributed by atoms with Crippen molar-refractivity contribution in [1.29, 1.82) is 0 Å². The van der Waals surface area contributed by atoms with E-state index in [1.807, 2.05) is 0 Å². The molecule has 2 nitrogen and oxygen atoms in total. The summed E-state index contributed by atoms with van der Waals surface area (Å²) in [4.78, 5) is 2.70. The Kier molecular flexibility index (Phi) is 6.09. The minimum Gasteiger partial charge on any atom is -0.314 e. The highest BCUT2D eigenvalue weighted by atomic mass is 35.5. The van der Waals surface area contributed by atoms with E-state index in [1.165, 1.54) is 51.9 Å². The summed E-state index contributed by atoms with van der Waals surface area (Å²) in [6.07, 6.45) is 5.87. The molecule has 0 bridgehead atoms. The van der Waals surface area contributed by atoms with Crippen LogP contribution in [0.5, 0.6) is 0 Å². The highest BCUT2D eigenvalue weighted by molar-refractivity contribution is 5.85. The Morgan fingerprint density at radius 3 is 2.62 bits per heavy atom. The third-order valence-electron chi connectivity index (χ3n) is 4.40. The SMILES string of the molecule is CC1CCCCC1CN1CCNCC1C.Cl. The van der Waals surface area contributed by atoms with Gasteiger partial charge in [-0.25, -0.2) is 0 Å². The van der Waals surface area contributed by atoms with E-state index >= 15 is 0 Å². The van der Waals surface area contributed by atoms with Gasteiger partial charge in [-0.15, -0.1) is 12.4 Å². The zero-order valence-corrected chi connectivity index (χ0v) is 11.6. The van der Waals surface area contributed by atoms with Crippen molar-refractivity contribution in [2.45, 2.75) is 45.6 Å². The summed E-state index contributed by atoms with van der Waals surface area (Å²) >= 11 is 0. The van der Waals surface area contributed by atoms with Crippen LogP contribution in [0.15, 0.2) is 0 Å². The fourth-order valence-corrected chi connectivity index (χ4v) is 3.12. The number of halogens is 1. The van der Waals surface area contributed by atoms with E-state index in [4.69, 9.17) is 0 Å². The number of nitrogens with one attached hydrogen (secondary N) is 1. The molecule has 0 spiro atoms. The lowest BCUT2D eigenvalue weighted by molar-refractivity contribution is 0.110. The van der Waals surface area contributed by atoms with Crippen LogP contribution in [0.2, 0.25) is 0 Å². The van der Waals surface area contributed by atoms with E-state index in [9.17, 15) is 0 Å². The Bertz CT molecular complexity index is 178. The third kappa shape index (κ3) is 3.61. The van der Waals surface area contributed by atoms with Crippen LogP contribution in [0.1, 0.15) is 39.5 Å². The standard InChI is InChI=1S/C13H26N2.ClH/c1-11-5-3-4-6-13(11)10-15-8-7-14-9-12(15)2;/h11-14H,3-10H2,1-2H3;1H. The van der Waals surface area contributed by atoms with Crippen molar-refractivity contribution in [2.24, 2.45) is 11.8 Å². The molecule has 0 radical (unpaired) electrons. The summed E-state index contributed by atoms with van der Waals surface area (Å²) in [5.41, 5.74) is 0. The molecule has 0 aromatic rings. The molecule has 0 amide bonds. The first-order valence-corrected chi connectivity index (χ1v) is 6.72. The van der Waals surface area contributed by atoms with Gasteiger partial charge in [-0.2, -0.15) is 0 Å². The minimum absolute atomic E-state index is 0. The largest absolute Gasteiger partial charge is 0.314 e. The third-order valence-corrected chi connectivity index (χ3v) is 4.40. The van der Waals surface area contributed by atoms with Crippen LogP contribution in [-0.2, 0) is 0 Å². The van der Waals surface area contributed by atoms with Crippen molar-refractivity contribution in [3.05, 3.63) is 0 Å². The Labute approximate surface area is 107 Å². The molecule has 0 aromatic heterocycles. The summed E-state index contributed by atoms with van der Waals surface area (Å²) < 4.78 is 0. The van der Waals surface area contributed by atoms with Crippen LogP contribution in [0.25, 0.3) is 0 Å². The zero-order chi connectivity index (χ0) is 10.7. The molecule has 3 unspecified atom stereocenters. The van der Waals surface area contributed by atoms with Crippen molar-refractivity contribution in [2.75, 3.05) is 26.2 Å². The average Bonchev–Trinajstić information content (AvgIpc) is 2.24. The van der Waals surface area contributed by atoms with Crippen molar-refractivity contribution in [1.82, 2.24) is 10.2 Å². The van der Waals surface area contributed by atoms with Gasteiger partial charge in [0.1, 0.15) is 0 Å². The topological polar surface area (TPSA) is 15.3 Å². The number of hydrogen-bond acceptors (Lipinski definition) is 2. The lowest BCUT2D eigenvalue weighted by Gasteiger charge is -2.39. The van der Waals surface area contributed by atoms with E-state index < -0.39 is 0 Å². The number of rotatable bonds is 2. The van der Waals surface area contributed by atoms with Crippen LogP contribution in [0.3, 0.4) is 0 Å². The first-order valence-electron chi connectivity index (χ1n) is 6.72. The Morgan fingerprint density at radius 1 is 1.19 bits per heavy atom. The van der Waals surface area contributed by atoms with Gasteiger partial charge in [-0.05, 0) is 25.2 Å². The molecule has 3 atom stereocenters. The van der Waals surface area contributed by atoms with Crippen molar-refractivity contribution in [3.63, 3.8) is 0 Å². The van der Waals surface area contributed by atoms with E-state index in [1.54, 1.807) is 0 Å². The van der Waals surface area contributed by atoms with Gasteiger partial charge >= 0.3 is 0 Å². The number of hydrogen-bond donors (Lipinski definition) is 1. The second-order valence-electron chi connectivity index (χ2n) is 5.57. The van der Waals surface area contributed by atoms with Crippen LogP contribution < -0.4 is 5.32 Å². The van der Waals surface area contributed by atoms with Crippen LogP contribution in [-0.4, -0.2) is 37.1 Å². The van der Waals surface area contributed by atoms with Gasteiger partial charge in [0.2, 0.25) is 0 Å². The predicted octanol–water partition coefficient (Wildman–Crippen LogP) is 2.53. The van der Waals surface area contributed by atoms with Gasteiger partial charge in [0.05, 0.1) is 0 Å². The summed E-state index contributed by atoms with van der Waals surface area (Å²) in [7, 11) is 0. The smallest absolute Gasteiger partial charge is 0.0193 e. The fourth-order valence-electron chi connectivity index (χ4n) is 3.12.